The molecule has 1 N–H and O–H groups in total. The molecule has 1 heterocycles. The lowest BCUT2D eigenvalue weighted by atomic mass is 10.1. The second kappa shape index (κ2) is 9.66. The Morgan fingerprint density at radius 1 is 1.19 bits per heavy atom. The molecule has 1 saturated heterocycles. The normalized spacial score (nSPS) is 20.3. The monoisotopic (exact) mass is 448 g/mol. The van der Waals surface area contributed by atoms with Crippen LogP contribution in [0.4, 0.5) is 4.39 Å². The van der Waals surface area contributed by atoms with E-state index in [1.54, 1.807) is 36.1 Å². The number of hydrogen-bond donors (Lipinski definition) is 1. The molecule has 0 radical (unpaired) electrons. The minimum Gasteiger partial charge on any atom is -0.479 e. The van der Waals surface area contributed by atoms with Crippen molar-refractivity contribution >= 4 is 23.5 Å². The number of carboxylic acids is 1. The van der Waals surface area contributed by atoms with Gasteiger partial charge in [-0.25, -0.2) is 9.18 Å². The van der Waals surface area contributed by atoms with Gasteiger partial charge in [-0.05, 0) is 37.6 Å². The zero-order chi connectivity index (χ0) is 22.6. The summed E-state index contributed by atoms with van der Waals surface area (Å²) < 4.78 is 18.7. The van der Waals surface area contributed by atoms with Gasteiger partial charge in [-0.2, -0.15) is 0 Å². The van der Waals surface area contributed by atoms with Crippen LogP contribution in [0.1, 0.15) is 25.0 Å². The van der Waals surface area contributed by atoms with Crippen molar-refractivity contribution in [3.05, 3.63) is 65.5 Å². The van der Waals surface area contributed by atoms with Gasteiger partial charge >= 0.3 is 5.97 Å². The molecule has 1 aliphatic rings. The number of carbonyl (C=O) groups is 2. The third kappa shape index (κ3) is 5.95. The molecule has 1 fully saturated rings. The van der Waals surface area contributed by atoms with Crippen molar-refractivity contribution in [1.82, 2.24) is 9.80 Å². The van der Waals surface area contributed by atoms with Gasteiger partial charge in [0.15, 0.2) is 6.10 Å². The van der Waals surface area contributed by atoms with Crippen molar-refractivity contribution in [2.24, 2.45) is 0 Å². The molecule has 1 amide bonds. The Kier molecular flexibility index (Phi) is 7.18. The number of piperazine rings is 1. The van der Waals surface area contributed by atoms with Crippen LogP contribution in [0.2, 0.25) is 0 Å². The number of rotatable bonds is 7. The topological polar surface area (TPSA) is 70.1 Å². The summed E-state index contributed by atoms with van der Waals surface area (Å²) in [5.41, 5.74) is 1.59. The SMILES string of the molecule is C[C@H](Oc1ccccc1CN1CCN(C(=O)Cc2ccc(F)cc2)[C@@](C)(Cl)C1)C(=O)O. The Balaban J connectivity index is 1.64. The van der Waals surface area contributed by atoms with Gasteiger partial charge in [0, 0.05) is 31.7 Å². The molecule has 2 atom stereocenters. The standard InChI is InChI=1S/C23H26ClFN2O4/c1-16(22(29)30)31-20-6-4-3-5-18(20)14-26-11-12-27(23(2,24)15-26)21(28)13-17-7-9-19(25)10-8-17/h3-10,16H,11-15H2,1-2H3,(H,29,30)/t16-,23+/m0/s1. The predicted octanol–water partition coefficient (Wildman–Crippen LogP) is 3.52. The number of carbonyl (C=O) groups excluding carboxylic acids is 1. The number of alkyl halides is 1. The molecule has 8 heteroatoms. The van der Waals surface area contributed by atoms with Gasteiger partial charge in [0.1, 0.15) is 16.6 Å². The minimum absolute atomic E-state index is 0.109. The van der Waals surface area contributed by atoms with E-state index in [1.807, 2.05) is 12.1 Å². The molecule has 166 valence electrons. The van der Waals surface area contributed by atoms with Crippen LogP contribution in [0.25, 0.3) is 0 Å². The van der Waals surface area contributed by atoms with Gasteiger partial charge in [-0.15, -0.1) is 0 Å². The molecule has 3 rings (SSSR count). The summed E-state index contributed by atoms with van der Waals surface area (Å²) in [7, 11) is 0. The number of halogens is 2. The fourth-order valence-electron chi connectivity index (χ4n) is 3.67. The minimum atomic E-state index is -1.03. The van der Waals surface area contributed by atoms with E-state index in [2.05, 4.69) is 4.90 Å². The fraction of sp³-hybridized carbons (Fsp3) is 0.391. The first-order chi connectivity index (χ1) is 14.7. The van der Waals surface area contributed by atoms with E-state index < -0.39 is 17.1 Å². The lowest BCUT2D eigenvalue weighted by molar-refractivity contribution is -0.144. The number of carboxylic acid groups (broad SMARTS) is 1. The molecule has 0 aliphatic carbocycles. The van der Waals surface area contributed by atoms with Crippen molar-refractivity contribution < 1.29 is 23.8 Å². The highest BCUT2D eigenvalue weighted by Crippen LogP contribution is 2.29. The molecule has 0 spiro atoms. The summed E-state index contributed by atoms with van der Waals surface area (Å²) in [5.74, 6) is -0.961. The number of hydrogen-bond acceptors (Lipinski definition) is 4. The van der Waals surface area contributed by atoms with Crippen LogP contribution in [0, 0.1) is 5.82 Å². The lowest BCUT2D eigenvalue weighted by Gasteiger charge is -2.45. The molecule has 0 bridgehead atoms. The van der Waals surface area contributed by atoms with Crippen molar-refractivity contribution in [3.8, 4) is 5.75 Å². The summed E-state index contributed by atoms with van der Waals surface area (Å²) >= 11 is 6.75. The maximum Gasteiger partial charge on any atom is 0.344 e. The van der Waals surface area contributed by atoms with Crippen LogP contribution in [0.3, 0.4) is 0 Å². The fourth-order valence-corrected chi connectivity index (χ4v) is 4.02. The van der Waals surface area contributed by atoms with Crippen LogP contribution in [-0.2, 0) is 22.6 Å². The lowest BCUT2D eigenvalue weighted by Crippen LogP contribution is -2.59. The van der Waals surface area contributed by atoms with Gasteiger partial charge in [0.05, 0.1) is 6.42 Å². The average molecular weight is 449 g/mol. The van der Waals surface area contributed by atoms with Crippen LogP contribution in [0.15, 0.2) is 48.5 Å². The van der Waals surface area contributed by atoms with Gasteiger partial charge in [-0.3, -0.25) is 9.69 Å². The molecule has 0 unspecified atom stereocenters. The second-order valence-corrected chi connectivity index (χ2v) is 8.72. The Labute approximate surface area is 186 Å². The van der Waals surface area contributed by atoms with Gasteiger partial charge in [0.25, 0.3) is 0 Å². The third-order valence-electron chi connectivity index (χ3n) is 5.30. The van der Waals surface area contributed by atoms with Gasteiger partial charge in [-0.1, -0.05) is 41.9 Å². The number of aliphatic carboxylic acids is 1. The van der Waals surface area contributed by atoms with Crippen LogP contribution in [-0.4, -0.2) is 57.5 Å². The first kappa shape index (κ1) is 23.0. The van der Waals surface area contributed by atoms with E-state index in [0.29, 0.717) is 31.9 Å². The predicted molar refractivity (Wildman–Crippen MR) is 116 cm³/mol. The molecule has 0 saturated carbocycles. The van der Waals surface area contributed by atoms with Gasteiger partial charge < -0.3 is 14.7 Å². The number of benzene rings is 2. The van der Waals surface area contributed by atoms with Crippen LogP contribution >= 0.6 is 11.6 Å². The average Bonchev–Trinajstić information content (AvgIpc) is 2.70. The highest BCUT2D eigenvalue weighted by Gasteiger charge is 2.38. The molecular weight excluding hydrogens is 423 g/mol. The Morgan fingerprint density at radius 3 is 2.52 bits per heavy atom. The van der Waals surface area contributed by atoms with E-state index in [9.17, 15) is 14.0 Å². The molecule has 31 heavy (non-hydrogen) atoms. The second-order valence-electron chi connectivity index (χ2n) is 7.91. The van der Waals surface area contributed by atoms with Crippen molar-refractivity contribution in [2.75, 3.05) is 19.6 Å². The quantitative estimate of drug-likeness (QED) is 0.518. The summed E-state index contributed by atoms with van der Waals surface area (Å²) in [6.45, 7) is 5.31. The van der Waals surface area contributed by atoms with Crippen LogP contribution < -0.4 is 4.74 Å². The number of nitrogens with zero attached hydrogens (tertiary/aromatic N) is 2. The molecule has 2 aromatic rings. The first-order valence-electron chi connectivity index (χ1n) is 10.1. The van der Waals surface area contributed by atoms with Crippen molar-refractivity contribution in [2.45, 2.75) is 37.9 Å². The van der Waals surface area contributed by atoms with Gasteiger partial charge in [0.2, 0.25) is 5.91 Å². The largest absolute Gasteiger partial charge is 0.479 e. The van der Waals surface area contributed by atoms with E-state index >= 15 is 0 Å². The Morgan fingerprint density at radius 2 is 1.87 bits per heavy atom. The zero-order valence-electron chi connectivity index (χ0n) is 17.6. The van der Waals surface area contributed by atoms with E-state index in [0.717, 1.165) is 11.1 Å². The highest BCUT2D eigenvalue weighted by atomic mass is 35.5. The molecular formula is C23H26ClFN2O4. The zero-order valence-corrected chi connectivity index (χ0v) is 18.3. The van der Waals surface area contributed by atoms with E-state index in [-0.39, 0.29) is 18.1 Å². The Bertz CT molecular complexity index is 935. The molecule has 1 aliphatic heterocycles. The molecule has 6 nitrogen and oxygen atoms in total. The smallest absolute Gasteiger partial charge is 0.344 e. The highest BCUT2D eigenvalue weighted by molar-refractivity contribution is 6.24. The summed E-state index contributed by atoms with van der Waals surface area (Å²) in [5, 5.41) is 9.12. The third-order valence-corrected chi connectivity index (χ3v) is 5.63. The summed E-state index contributed by atoms with van der Waals surface area (Å²) in [6, 6.07) is 13.2. The maximum atomic E-state index is 13.1. The number of amides is 1. The maximum absolute atomic E-state index is 13.1. The van der Waals surface area contributed by atoms with E-state index in [1.165, 1.54) is 19.1 Å². The molecule has 0 aromatic heterocycles. The molecule has 2 aromatic carbocycles. The van der Waals surface area contributed by atoms with Crippen LogP contribution in [0.5, 0.6) is 5.75 Å². The van der Waals surface area contributed by atoms with E-state index in [4.69, 9.17) is 21.4 Å². The summed E-state index contributed by atoms with van der Waals surface area (Å²) in [4.78, 5) is 26.8. The number of ether oxygens (including phenoxy) is 1. The first-order valence-corrected chi connectivity index (χ1v) is 10.5. The van der Waals surface area contributed by atoms with Crippen molar-refractivity contribution in [3.63, 3.8) is 0 Å². The summed E-state index contributed by atoms with van der Waals surface area (Å²) in [6.07, 6.45) is -0.799. The number of para-hydroxylation sites is 1. The van der Waals surface area contributed by atoms with Crippen molar-refractivity contribution in [1.29, 1.82) is 0 Å². The Hall–Kier alpha value is -2.64.